The highest BCUT2D eigenvalue weighted by atomic mass is 32.1. The largest absolute Gasteiger partial charge is 0.469 e. The van der Waals surface area contributed by atoms with Crippen LogP contribution >= 0.6 is 19.1 Å². The first-order valence-electron chi connectivity index (χ1n) is 10.1. The SMILES string of the molecule is COC(=O)CCNC(=O)[C@@H]1OP(=O)(N[C@@H](C)C(=O)OCCc2scnc2C)OCC1(C)C. The number of nitrogens with one attached hydrogen (secondary N) is 2. The maximum Gasteiger partial charge on any atom is 0.407 e. The molecule has 1 amide bonds. The zero-order valence-corrected chi connectivity index (χ0v) is 20.5. The van der Waals surface area contributed by atoms with Crippen molar-refractivity contribution in [3.05, 3.63) is 16.1 Å². The third-order valence-electron chi connectivity index (χ3n) is 4.78. The smallest absolute Gasteiger partial charge is 0.407 e. The molecule has 180 valence electrons. The molecule has 0 bridgehead atoms. The summed E-state index contributed by atoms with van der Waals surface area (Å²) in [7, 11) is -2.72. The summed E-state index contributed by atoms with van der Waals surface area (Å²) in [6, 6.07) is -0.993. The molecule has 2 rings (SSSR count). The highest BCUT2D eigenvalue weighted by molar-refractivity contribution is 7.51. The first-order valence-corrected chi connectivity index (χ1v) is 12.5. The van der Waals surface area contributed by atoms with E-state index in [1.54, 1.807) is 19.4 Å². The molecular weight excluding hydrogens is 461 g/mol. The van der Waals surface area contributed by atoms with Gasteiger partial charge in [0.05, 0.1) is 37.9 Å². The molecule has 1 aromatic heterocycles. The lowest BCUT2D eigenvalue weighted by Gasteiger charge is -2.40. The highest BCUT2D eigenvalue weighted by Crippen LogP contribution is 2.53. The number of ether oxygens (including phenoxy) is 2. The van der Waals surface area contributed by atoms with Crippen LogP contribution in [0, 0.1) is 12.3 Å². The molecule has 1 aliphatic heterocycles. The molecule has 0 aliphatic carbocycles. The number of carbonyl (C=O) groups excluding carboxylic acids is 3. The number of rotatable bonds is 10. The predicted molar refractivity (Wildman–Crippen MR) is 116 cm³/mol. The van der Waals surface area contributed by atoms with Crippen molar-refractivity contribution in [2.24, 2.45) is 5.41 Å². The van der Waals surface area contributed by atoms with Crippen molar-refractivity contribution >= 4 is 36.9 Å². The topological polar surface area (TPSA) is 142 Å². The number of methoxy groups -OCH3 is 1. The Morgan fingerprint density at radius 1 is 1.41 bits per heavy atom. The van der Waals surface area contributed by atoms with Crippen LogP contribution in [0.1, 0.15) is 37.8 Å². The van der Waals surface area contributed by atoms with Crippen molar-refractivity contribution in [3.8, 4) is 0 Å². The van der Waals surface area contributed by atoms with Crippen molar-refractivity contribution < 1.29 is 37.5 Å². The minimum absolute atomic E-state index is 0.00820. The Hall–Kier alpha value is -1.85. The van der Waals surface area contributed by atoms with Gasteiger partial charge in [-0.05, 0) is 13.8 Å². The van der Waals surface area contributed by atoms with Crippen LogP contribution < -0.4 is 10.4 Å². The number of hydrogen-bond donors (Lipinski definition) is 2. The van der Waals surface area contributed by atoms with Crippen LogP contribution in [0.2, 0.25) is 0 Å². The van der Waals surface area contributed by atoms with Gasteiger partial charge >= 0.3 is 19.7 Å². The Morgan fingerprint density at radius 3 is 2.75 bits per heavy atom. The molecule has 0 aromatic carbocycles. The molecule has 13 heteroatoms. The minimum Gasteiger partial charge on any atom is -0.469 e. The molecule has 2 heterocycles. The van der Waals surface area contributed by atoms with Crippen molar-refractivity contribution in [2.75, 3.05) is 26.9 Å². The summed E-state index contributed by atoms with van der Waals surface area (Å²) >= 11 is 1.48. The third-order valence-corrected chi connectivity index (χ3v) is 7.43. The highest BCUT2D eigenvalue weighted by Gasteiger charge is 2.49. The van der Waals surface area contributed by atoms with Crippen LogP contribution in [0.25, 0.3) is 0 Å². The molecule has 1 aliphatic rings. The Bertz CT molecular complexity index is 875. The zero-order chi connectivity index (χ0) is 23.9. The van der Waals surface area contributed by atoms with Gasteiger partial charge in [-0.25, -0.2) is 14.6 Å². The van der Waals surface area contributed by atoms with Crippen molar-refractivity contribution in [1.82, 2.24) is 15.4 Å². The zero-order valence-electron chi connectivity index (χ0n) is 18.8. The summed E-state index contributed by atoms with van der Waals surface area (Å²) in [5.41, 5.74) is 1.83. The maximum atomic E-state index is 13.1. The molecule has 3 atom stereocenters. The molecule has 2 N–H and O–H groups in total. The van der Waals surface area contributed by atoms with Gasteiger partial charge < -0.3 is 14.8 Å². The Labute approximate surface area is 191 Å². The van der Waals surface area contributed by atoms with Gasteiger partial charge in [0.1, 0.15) is 6.04 Å². The van der Waals surface area contributed by atoms with Crippen molar-refractivity contribution in [3.63, 3.8) is 0 Å². The fraction of sp³-hybridized carbons (Fsp3) is 0.684. The summed E-state index contributed by atoms with van der Waals surface area (Å²) in [5.74, 6) is -1.64. The van der Waals surface area contributed by atoms with E-state index in [9.17, 15) is 18.9 Å². The van der Waals surface area contributed by atoms with Gasteiger partial charge in [0.2, 0.25) is 5.91 Å². The van der Waals surface area contributed by atoms with E-state index in [-0.39, 0.29) is 26.2 Å². The van der Waals surface area contributed by atoms with Crippen LogP contribution in [-0.4, -0.2) is 61.8 Å². The molecule has 11 nitrogen and oxygen atoms in total. The maximum absolute atomic E-state index is 13.1. The van der Waals surface area contributed by atoms with Crippen LogP contribution in [0.4, 0.5) is 0 Å². The van der Waals surface area contributed by atoms with E-state index in [2.05, 4.69) is 20.1 Å². The van der Waals surface area contributed by atoms with E-state index in [1.165, 1.54) is 25.4 Å². The Balaban J connectivity index is 1.90. The Kier molecular flexibility index (Phi) is 9.35. The van der Waals surface area contributed by atoms with Gasteiger partial charge in [-0.2, -0.15) is 0 Å². The van der Waals surface area contributed by atoms with Crippen molar-refractivity contribution in [1.29, 1.82) is 0 Å². The average Bonchev–Trinajstić information content (AvgIpc) is 3.14. The molecule has 0 saturated carbocycles. The van der Waals surface area contributed by atoms with Crippen LogP contribution in [0.3, 0.4) is 0 Å². The normalized spacial score (nSPS) is 23.2. The summed E-state index contributed by atoms with van der Waals surface area (Å²) in [5, 5.41) is 5.10. The van der Waals surface area contributed by atoms with Crippen molar-refractivity contribution in [2.45, 2.75) is 52.7 Å². The lowest BCUT2D eigenvalue weighted by molar-refractivity contribution is -0.145. The lowest BCUT2D eigenvalue weighted by Crippen LogP contribution is -2.51. The van der Waals surface area contributed by atoms with Gasteiger partial charge in [-0.3, -0.25) is 23.4 Å². The number of aromatic nitrogens is 1. The van der Waals surface area contributed by atoms with Gasteiger partial charge in [0, 0.05) is 23.3 Å². The summed E-state index contributed by atoms with van der Waals surface area (Å²) < 4.78 is 33.7. The number of nitrogens with zero attached hydrogens (tertiary/aromatic N) is 1. The van der Waals surface area contributed by atoms with Gasteiger partial charge in [0.15, 0.2) is 6.10 Å². The number of amides is 1. The number of hydrogen-bond acceptors (Lipinski definition) is 10. The summed E-state index contributed by atoms with van der Waals surface area (Å²) in [6.07, 6.45) is -0.599. The fourth-order valence-corrected chi connectivity index (χ4v) is 5.52. The standard InChI is InChI=1S/C19H30N3O8PS/c1-12-14(32-11-21-12)7-9-28-18(25)13(2)22-31(26)29-10-19(3,4)16(30-31)17(24)20-8-6-15(23)27-5/h11,13,16H,6-10H2,1-5H3,(H,20,24)(H,22,26)/t13-,16-,31?/m0/s1. The van der Waals surface area contributed by atoms with E-state index in [0.717, 1.165) is 10.6 Å². The van der Waals surface area contributed by atoms with E-state index in [4.69, 9.17) is 13.8 Å². The molecular formula is C19H30N3O8PS. The van der Waals surface area contributed by atoms with Gasteiger partial charge in [0.25, 0.3) is 0 Å². The van der Waals surface area contributed by atoms with Gasteiger partial charge in [-0.15, -0.1) is 11.3 Å². The molecule has 1 saturated heterocycles. The summed E-state index contributed by atoms with van der Waals surface area (Å²) in [6.45, 7) is 6.95. The quantitative estimate of drug-likeness (QED) is 0.367. The van der Waals surface area contributed by atoms with Crippen LogP contribution in [0.5, 0.6) is 0 Å². The summed E-state index contributed by atoms with van der Waals surface area (Å²) in [4.78, 5) is 41.3. The Morgan fingerprint density at radius 2 is 2.12 bits per heavy atom. The molecule has 0 radical (unpaired) electrons. The second-order valence-corrected chi connectivity index (χ2v) is 10.7. The van der Waals surface area contributed by atoms with Crippen LogP contribution in [0.15, 0.2) is 5.51 Å². The molecule has 1 aromatic rings. The molecule has 1 fully saturated rings. The first-order chi connectivity index (χ1) is 15.0. The number of carbonyl (C=O) groups is 3. The molecule has 32 heavy (non-hydrogen) atoms. The first kappa shape index (κ1) is 26.4. The average molecular weight is 492 g/mol. The third kappa shape index (κ3) is 7.35. The second-order valence-electron chi connectivity index (χ2n) is 7.99. The number of aryl methyl sites for hydroxylation is 1. The van der Waals surface area contributed by atoms with E-state index in [0.29, 0.717) is 6.42 Å². The minimum atomic E-state index is -3.97. The predicted octanol–water partition coefficient (Wildman–Crippen LogP) is 1.74. The van der Waals surface area contributed by atoms with E-state index < -0.39 is 43.2 Å². The number of esters is 2. The fourth-order valence-electron chi connectivity index (χ4n) is 2.82. The van der Waals surface area contributed by atoms with Crippen LogP contribution in [-0.2, 0) is 43.9 Å². The number of thiazole rings is 1. The second kappa shape index (κ2) is 11.3. The lowest BCUT2D eigenvalue weighted by atomic mass is 9.87. The van der Waals surface area contributed by atoms with E-state index >= 15 is 0 Å². The molecule has 0 spiro atoms. The van der Waals surface area contributed by atoms with E-state index in [1.807, 2.05) is 6.92 Å². The monoisotopic (exact) mass is 491 g/mol. The molecule has 1 unspecified atom stereocenters. The van der Waals surface area contributed by atoms with Gasteiger partial charge in [-0.1, -0.05) is 13.8 Å².